The van der Waals surface area contributed by atoms with Crippen LogP contribution >= 0.6 is 0 Å². The van der Waals surface area contributed by atoms with Gasteiger partial charge in [0, 0.05) is 13.1 Å². The molecule has 0 aliphatic carbocycles. The molecular weight excluding hydrogens is 484 g/mol. The van der Waals surface area contributed by atoms with Crippen molar-refractivity contribution in [3.63, 3.8) is 0 Å². The van der Waals surface area contributed by atoms with E-state index in [4.69, 9.17) is 4.74 Å². The van der Waals surface area contributed by atoms with Gasteiger partial charge in [-0.25, -0.2) is 13.2 Å². The number of aryl methyl sites for hydroxylation is 1. The van der Waals surface area contributed by atoms with Crippen molar-refractivity contribution in [2.75, 3.05) is 30.7 Å². The Morgan fingerprint density at radius 2 is 1.72 bits per heavy atom. The molecule has 10 heteroatoms. The van der Waals surface area contributed by atoms with Gasteiger partial charge in [0.25, 0.3) is 0 Å². The third-order valence-corrected chi connectivity index (χ3v) is 6.08. The number of benzene rings is 3. The second-order valence-corrected chi connectivity index (χ2v) is 10.0. The van der Waals surface area contributed by atoms with Crippen LogP contribution < -0.4 is 14.8 Å². The number of hydrogen-bond acceptors (Lipinski definition) is 7. The van der Waals surface area contributed by atoms with Gasteiger partial charge in [0.15, 0.2) is 0 Å². The first kappa shape index (κ1) is 27.0. The van der Waals surface area contributed by atoms with Crippen molar-refractivity contribution in [3.05, 3.63) is 77.4 Å². The van der Waals surface area contributed by atoms with Gasteiger partial charge in [-0.2, -0.15) is 0 Å². The molecule has 0 amide bonds. The van der Waals surface area contributed by atoms with E-state index in [1.807, 2.05) is 37.3 Å². The number of sulfonamides is 1. The molecule has 0 saturated heterocycles. The Hall–Kier alpha value is -3.60. The maximum atomic E-state index is 11.4. The highest BCUT2D eigenvalue weighted by molar-refractivity contribution is 7.92. The maximum Gasteiger partial charge on any atom is 0.335 e. The molecule has 0 bridgehead atoms. The molecule has 0 spiro atoms. The SMILES string of the molecule is CCc1cc(-c2ccc(OCCNC[C@H](O)c3ccc(O)c(NS(C)(=O)=O)c3)cc2)ccc1C(=O)O. The highest BCUT2D eigenvalue weighted by Crippen LogP contribution is 2.28. The van der Waals surface area contributed by atoms with Gasteiger partial charge >= 0.3 is 5.97 Å². The van der Waals surface area contributed by atoms with Crippen molar-refractivity contribution < 1.29 is 33.3 Å². The number of aromatic hydroxyl groups is 1. The van der Waals surface area contributed by atoms with Crippen LogP contribution in [0.4, 0.5) is 5.69 Å². The molecular formula is C26H30N2O7S. The summed E-state index contributed by atoms with van der Waals surface area (Å²) in [7, 11) is -3.56. The number of phenols is 1. The van der Waals surface area contributed by atoms with E-state index >= 15 is 0 Å². The van der Waals surface area contributed by atoms with Crippen LogP contribution in [0.3, 0.4) is 0 Å². The van der Waals surface area contributed by atoms with Crippen molar-refractivity contribution >= 4 is 21.7 Å². The van der Waals surface area contributed by atoms with Gasteiger partial charge < -0.3 is 25.4 Å². The van der Waals surface area contributed by atoms with Crippen LogP contribution in [0.1, 0.15) is 34.5 Å². The van der Waals surface area contributed by atoms with E-state index in [9.17, 15) is 28.5 Å². The Bertz CT molecular complexity index is 1310. The van der Waals surface area contributed by atoms with Gasteiger partial charge in [0.1, 0.15) is 18.1 Å². The van der Waals surface area contributed by atoms with Crippen LogP contribution in [0.15, 0.2) is 60.7 Å². The summed E-state index contributed by atoms with van der Waals surface area (Å²) in [5.74, 6) is -0.485. The van der Waals surface area contributed by atoms with E-state index in [1.54, 1.807) is 12.1 Å². The average Bonchev–Trinajstić information content (AvgIpc) is 2.84. The molecule has 9 nitrogen and oxygen atoms in total. The van der Waals surface area contributed by atoms with Crippen molar-refractivity contribution in [1.29, 1.82) is 0 Å². The van der Waals surface area contributed by atoms with E-state index < -0.39 is 22.1 Å². The first-order chi connectivity index (χ1) is 17.1. The van der Waals surface area contributed by atoms with E-state index in [2.05, 4.69) is 10.0 Å². The molecule has 0 unspecified atom stereocenters. The quantitative estimate of drug-likeness (QED) is 0.183. The van der Waals surface area contributed by atoms with Crippen LogP contribution in [0, 0.1) is 0 Å². The Morgan fingerprint density at radius 1 is 1.03 bits per heavy atom. The summed E-state index contributed by atoms with van der Waals surface area (Å²) in [5, 5.41) is 32.6. The van der Waals surface area contributed by atoms with Gasteiger partial charge in [0.2, 0.25) is 10.0 Å². The van der Waals surface area contributed by atoms with Crippen LogP contribution in [-0.4, -0.2) is 55.7 Å². The molecule has 3 rings (SSSR count). The highest BCUT2D eigenvalue weighted by Gasteiger charge is 2.13. The zero-order chi connectivity index (χ0) is 26.3. The van der Waals surface area contributed by atoms with E-state index in [0.717, 1.165) is 22.9 Å². The Morgan fingerprint density at radius 3 is 2.36 bits per heavy atom. The van der Waals surface area contributed by atoms with Crippen LogP contribution in [-0.2, 0) is 16.4 Å². The number of aliphatic hydroxyl groups excluding tert-OH is 1. The number of hydrogen-bond donors (Lipinski definition) is 5. The van der Waals surface area contributed by atoms with Crippen LogP contribution in [0.2, 0.25) is 0 Å². The summed E-state index contributed by atoms with van der Waals surface area (Å²) in [5.41, 5.74) is 3.44. The molecule has 5 N–H and O–H groups in total. The third kappa shape index (κ3) is 7.45. The topological polar surface area (TPSA) is 145 Å². The maximum absolute atomic E-state index is 11.4. The van der Waals surface area contributed by atoms with Gasteiger partial charge in [-0.3, -0.25) is 4.72 Å². The summed E-state index contributed by atoms with van der Waals surface area (Å²) in [6.07, 6.45) is 0.695. The molecule has 3 aromatic carbocycles. The molecule has 0 radical (unpaired) electrons. The molecule has 0 fully saturated rings. The smallest absolute Gasteiger partial charge is 0.335 e. The fraction of sp³-hybridized carbons (Fsp3) is 0.269. The normalized spacial score (nSPS) is 12.2. The minimum atomic E-state index is -3.56. The third-order valence-electron chi connectivity index (χ3n) is 5.49. The predicted octanol–water partition coefficient (Wildman–Crippen LogP) is 3.39. The summed E-state index contributed by atoms with van der Waals surface area (Å²) >= 11 is 0. The largest absolute Gasteiger partial charge is 0.506 e. The summed E-state index contributed by atoms with van der Waals surface area (Å²) < 4.78 is 30.8. The minimum absolute atomic E-state index is 0.00424. The Kier molecular flexibility index (Phi) is 8.92. The first-order valence-corrected chi connectivity index (χ1v) is 13.3. The second kappa shape index (κ2) is 11.9. The minimum Gasteiger partial charge on any atom is -0.506 e. The number of carboxylic acids is 1. The van der Waals surface area contributed by atoms with Crippen molar-refractivity contribution in [3.8, 4) is 22.6 Å². The average molecular weight is 515 g/mol. The van der Waals surface area contributed by atoms with Crippen LogP contribution in [0.25, 0.3) is 11.1 Å². The number of ether oxygens (including phenoxy) is 1. The summed E-state index contributed by atoms with van der Waals surface area (Å²) in [4.78, 5) is 11.3. The molecule has 0 aromatic heterocycles. The lowest BCUT2D eigenvalue weighted by atomic mass is 9.98. The molecule has 1 atom stereocenters. The van der Waals surface area contributed by atoms with Gasteiger partial charge in [-0.1, -0.05) is 37.3 Å². The van der Waals surface area contributed by atoms with Gasteiger partial charge in [-0.05, 0) is 59.0 Å². The van der Waals surface area contributed by atoms with E-state index in [0.29, 0.717) is 36.4 Å². The lowest BCUT2D eigenvalue weighted by Gasteiger charge is -2.15. The van der Waals surface area contributed by atoms with Crippen LogP contribution in [0.5, 0.6) is 11.5 Å². The number of aliphatic hydroxyl groups is 1. The summed E-state index contributed by atoms with van der Waals surface area (Å²) in [6.45, 7) is 2.95. The number of carbonyl (C=O) groups is 1. The zero-order valence-corrected chi connectivity index (χ0v) is 20.9. The standard InChI is InChI=1S/C26H30N2O7S/c1-3-17-14-19(6-10-22(17)26(31)32)18-4-8-21(9-5-18)35-13-12-27-16-25(30)20-7-11-24(29)23(15-20)28-36(2,33)34/h4-11,14-15,25,27-30H,3,12-13,16H2,1-2H3,(H,31,32)/t25-/m0/s1. The molecule has 0 aliphatic heterocycles. The van der Waals surface area contributed by atoms with E-state index in [1.165, 1.54) is 18.2 Å². The highest BCUT2D eigenvalue weighted by atomic mass is 32.2. The monoisotopic (exact) mass is 514 g/mol. The molecule has 0 saturated carbocycles. The lowest BCUT2D eigenvalue weighted by molar-refractivity contribution is 0.0695. The molecule has 0 heterocycles. The lowest BCUT2D eigenvalue weighted by Crippen LogP contribution is -2.26. The van der Waals surface area contributed by atoms with Gasteiger partial charge in [-0.15, -0.1) is 0 Å². The molecule has 36 heavy (non-hydrogen) atoms. The summed E-state index contributed by atoms with van der Waals surface area (Å²) in [6, 6.07) is 17.0. The number of rotatable bonds is 12. The Balaban J connectivity index is 1.49. The fourth-order valence-electron chi connectivity index (χ4n) is 3.66. The second-order valence-electron chi connectivity index (χ2n) is 8.27. The molecule has 3 aromatic rings. The Labute approximate surface area is 210 Å². The zero-order valence-electron chi connectivity index (χ0n) is 20.1. The van der Waals surface area contributed by atoms with Crippen molar-refractivity contribution in [2.45, 2.75) is 19.4 Å². The van der Waals surface area contributed by atoms with E-state index in [-0.39, 0.29) is 18.0 Å². The van der Waals surface area contributed by atoms with Crippen molar-refractivity contribution in [1.82, 2.24) is 5.32 Å². The first-order valence-electron chi connectivity index (χ1n) is 11.4. The number of anilines is 1. The number of aromatic carboxylic acids is 1. The number of phenolic OH excluding ortho intramolecular Hbond substituents is 1. The number of carboxylic acid groups (broad SMARTS) is 1. The molecule has 0 aliphatic rings. The fourth-order valence-corrected chi connectivity index (χ4v) is 4.22. The molecule has 192 valence electrons. The van der Waals surface area contributed by atoms with Gasteiger partial charge in [0.05, 0.1) is 23.6 Å². The van der Waals surface area contributed by atoms with Crippen molar-refractivity contribution in [2.24, 2.45) is 0 Å². The number of nitrogens with one attached hydrogen (secondary N) is 2. The predicted molar refractivity (Wildman–Crippen MR) is 138 cm³/mol.